The van der Waals surface area contributed by atoms with E-state index in [1.807, 2.05) is 0 Å². The van der Waals surface area contributed by atoms with Gasteiger partial charge in [-0.1, -0.05) is 6.92 Å². The Kier molecular flexibility index (Phi) is 4.50. The van der Waals surface area contributed by atoms with Crippen molar-refractivity contribution in [2.75, 3.05) is 32.7 Å². The Hall–Kier alpha value is -0.120. The van der Waals surface area contributed by atoms with Crippen LogP contribution in [0.15, 0.2) is 0 Å². The van der Waals surface area contributed by atoms with Crippen LogP contribution in [-0.4, -0.2) is 37.6 Å². The van der Waals surface area contributed by atoms with Crippen molar-refractivity contribution in [1.82, 2.24) is 15.8 Å². The average Bonchev–Trinajstić information content (AvgIpc) is 2.16. The summed E-state index contributed by atoms with van der Waals surface area (Å²) < 4.78 is 0. The van der Waals surface area contributed by atoms with E-state index in [4.69, 9.17) is 0 Å². The first-order valence-electron chi connectivity index (χ1n) is 4.61. The summed E-state index contributed by atoms with van der Waals surface area (Å²) in [6.07, 6.45) is 2.50. The van der Waals surface area contributed by atoms with Gasteiger partial charge in [-0.15, -0.1) is 0 Å². The van der Waals surface area contributed by atoms with E-state index in [9.17, 15) is 0 Å². The molecule has 0 amide bonds. The van der Waals surface area contributed by atoms with Crippen LogP contribution < -0.4 is 10.9 Å². The summed E-state index contributed by atoms with van der Waals surface area (Å²) in [7, 11) is 0. The first-order chi connectivity index (χ1) is 5.43. The first kappa shape index (κ1) is 8.97. The van der Waals surface area contributed by atoms with Gasteiger partial charge in [0.15, 0.2) is 0 Å². The minimum absolute atomic E-state index is 1.09. The van der Waals surface area contributed by atoms with Gasteiger partial charge in [-0.3, -0.25) is 10.9 Å². The van der Waals surface area contributed by atoms with Gasteiger partial charge in [0.1, 0.15) is 0 Å². The van der Waals surface area contributed by atoms with Crippen molar-refractivity contribution in [3.8, 4) is 0 Å². The molecular weight excluding hydrogens is 138 g/mol. The second-order valence-corrected chi connectivity index (χ2v) is 2.99. The number of hydrazine groups is 1. The third-order valence-electron chi connectivity index (χ3n) is 2.12. The summed E-state index contributed by atoms with van der Waals surface area (Å²) in [6.45, 7) is 8.10. The maximum absolute atomic E-state index is 3.20. The Labute approximate surface area is 69.1 Å². The third kappa shape index (κ3) is 3.70. The lowest BCUT2D eigenvalue weighted by Crippen LogP contribution is -2.33. The van der Waals surface area contributed by atoms with Crippen LogP contribution in [0.4, 0.5) is 0 Å². The normalized spacial score (nSPS) is 23.7. The number of hydrogen-bond acceptors (Lipinski definition) is 3. The van der Waals surface area contributed by atoms with Crippen LogP contribution in [0.2, 0.25) is 0 Å². The molecule has 3 nitrogen and oxygen atoms in total. The van der Waals surface area contributed by atoms with Gasteiger partial charge in [-0.2, -0.15) is 0 Å². The van der Waals surface area contributed by atoms with Crippen LogP contribution in [0.5, 0.6) is 0 Å². The molecule has 1 heterocycles. The fraction of sp³-hybridized carbons (Fsp3) is 1.00. The minimum atomic E-state index is 1.09. The van der Waals surface area contributed by atoms with Crippen LogP contribution in [0.3, 0.4) is 0 Å². The smallest absolute Gasteiger partial charge is 0.0112 e. The monoisotopic (exact) mass is 157 g/mol. The standard InChI is InChI=1S/C8H19N3/c1-2-11-7-3-5-9-10-6-4-8-11/h9-10H,2-8H2,1H3. The van der Waals surface area contributed by atoms with E-state index in [2.05, 4.69) is 22.7 Å². The molecule has 0 aliphatic carbocycles. The molecule has 1 rings (SSSR count). The molecule has 0 bridgehead atoms. The molecule has 66 valence electrons. The molecule has 1 aliphatic heterocycles. The lowest BCUT2D eigenvalue weighted by molar-refractivity contribution is 0.287. The predicted octanol–water partition coefficient (Wildman–Crippen LogP) is 0.196. The zero-order valence-corrected chi connectivity index (χ0v) is 7.40. The molecule has 0 aromatic carbocycles. The van der Waals surface area contributed by atoms with Crippen molar-refractivity contribution >= 4 is 0 Å². The molecule has 0 radical (unpaired) electrons. The third-order valence-corrected chi connectivity index (χ3v) is 2.12. The molecule has 0 saturated carbocycles. The van der Waals surface area contributed by atoms with E-state index in [0.717, 1.165) is 13.1 Å². The van der Waals surface area contributed by atoms with E-state index in [-0.39, 0.29) is 0 Å². The van der Waals surface area contributed by atoms with Crippen molar-refractivity contribution in [1.29, 1.82) is 0 Å². The van der Waals surface area contributed by atoms with Crippen LogP contribution in [0, 0.1) is 0 Å². The molecule has 0 atom stereocenters. The topological polar surface area (TPSA) is 27.3 Å². The molecule has 3 heteroatoms. The lowest BCUT2D eigenvalue weighted by Gasteiger charge is -2.18. The highest BCUT2D eigenvalue weighted by Gasteiger charge is 2.02. The molecule has 0 spiro atoms. The molecule has 0 aromatic heterocycles. The van der Waals surface area contributed by atoms with E-state index in [1.165, 1.54) is 32.5 Å². The maximum Gasteiger partial charge on any atom is 0.0112 e. The molecule has 1 aliphatic rings. The van der Waals surface area contributed by atoms with Gasteiger partial charge in [-0.25, -0.2) is 0 Å². The Morgan fingerprint density at radius 1 is 1.09 bits per heavy atom. The number of nitrogens with zero attached hydrogens (tertiary/aromatic N) is 1. The highest BCUT2D eigenvalue weighted by atomic mass is 15.3. The predicted molar refractivity (Wildman–Crippen MR) is 47.4 cm³/mol. The van der Waals surface area contributed by atoms with Gasteiger partial charge in [0.2, 0.25) is 0 Å². The minimum Gasteiger partial charge on any atom is -0.304 e. The van der Waals surface area contributed by atoms with Gasteiger partial charge in [-0.05, 0) is 32.5 Å². The van der Waals surface area contributed by atoms with Crippen molar-refractivity contribution in [2.45, 2.75) is 19.8 Å². The van der Waals surface area contributed by atoms with Gasteiger partial charge in [0, 0.05) is 13.1 Å². The highest BCUT2D eigenvalue weighted by Crippen LogP contribution is 1.93. The van der Waals surface area contributed by atoms with Gasteiger partial charge in [0.25, 0.3) is 0 Å². The van der Waals surface area contributed by atoms with Crippen LogP contribution in [0.25, 0.3) is 0 Å². The van der Waals surface area contributed by atoms with E-state index >= 15 is 0 Å². The van der Waals surface area contributed by atoms with Crippen LogP contribution >= 0.6 is 0 Å². The number of rotatable bonds is 1. The largest absolute Gasteiger partial charge is 0.304 e. The molecule has 1 fully saturated rings. The van der Waals surface area contributed by atoms with E-state index < -0.39 is 0 Å². The van der Waals surface area contributed by atoms with Crippen molar-refractivity contribution < 1.29 is 0 Å². The summed E-state index contributed by atoms with van der Waals surface area (Å²) in [5.41, 5.74) is 6.39. The maximum atomic E-state index is 3.20. The Balaban J connectivity index is 2.19. The van der Waals surface area contributed by atoms with Gasteiger partial charge in [0.05, 0.1) is 0 Å². The Morgan fingerprint density at radius 3 is 2.09 bits per heavy atom. The van der Waals surface area contributed by atoms with E-state index in [0.29, 0.717) is 0 Å². The Bertz CT molecular complexity index is 85.3. The summed E-state index contributed by atoms with van der Waals surface area (Å²) in [5, 5.41) is 0. The second kappa shape index (κ2) is 5.52. The second-order valence-electron chi connectivity index (χ2n) is 2.99. The number of nitrogens with one attached hydrogen (secondary N) is 2. The van der Waals surface area contributed by atoms with Crippen molar-refractivity contribution in [3.63, 3.8) is 0 Å². The zero-order valence-electron chi connectivity index (χ0n) is 7.40. The quantitative estimate of drug-likeness (QED) is 0.569. The number of hydrogen-bond donors (Lipinski definition) is 2. The molecule has 2 N–H and O–H groups in total. The molecule has 0 unspecified atom stereocenters. The fourth-order valence-corrected chi connectivity index (χ4v) is 1.39. The fourth-order valence-electron chi connectivity index (χ4n) is 1.39. The van der Waals surface area contributed by atoms with Crippen molar-refractivity contribution in [2.24, 2.45) is 0 Å². The SMILES string of the molecule is CCN1CCCNNCCC1. The highest BCUT2D eigenvalue weighted by molar-refractivity contribution is 4.59. The van der Waals surface area contributed by atoms with Gasteiger partial charge >= 0.3 is 0 Å². The first-order valence-corrected chi connectivity index (χ1v) is 4.61. The van der Waals surface area contributed by atoms with Crippen molar-refractivity contribution in [3.05, 3.63) is 0 Å². The van der Waals surface area contributed by atoms with Crippen LogP contribution in [-0.2, 0) is 0 Å². The molecular formula is C8H19N3. The van der Waals surface area contributed by atoms with Gasteiger partial charge < -0.3 is 4.90 Å². The molecule has 11 heavy (non-hydrogen) atoms. The zero-order chi connectivity index (χ0) is 7.94. The Morgan fingerprint density at radius 2 is 1.64 bits per heavy atom. The summed E-state index contributed by atoms with van der Waals surface area (Å²) >= 11 is 0. The summed E-state index contributed by atoms with van der Waals surface area (Å²) in [4.78, 5) is 2.51. The lowest BCUT2D eigenvalue weighted by atomic mass is 10.3. The molecule has 1 saturated heterocycles. The van der Waals surface area contributed by atoms with E-state index in [1.54, 1.807) is 0 Å². The molecule has 0 aromatic rings. The average molecular weight is 157 g/mol. The van der Waals surface area contributed by atoms with Crippen LogP contribution in [0.1, 0.15) is 19.8 Å². The summed E-state index contributed by atoms with van der Waals surface area (Å²) in [5.74, 6) is 0. The summed E-state index contributed by atoms with van der Waals surface area (Å²) in [6, 6.07) is 0.